The quantitative estimate of drug-likeness (QED) is 0.393. The smallest absolute Gasteiger partial charge is 0.189 e. The third kappa shape index (κ3) is 3.31. The molecule has 0 radical (unpaired) electrons. The molecular formula is C13H11Cl2N3O2. The number of nitrogens with zero attached hydrogens (tertiary/aromatic N) is 2. The maximum absolute atomic E-state index is 8.71. The number of aromatic nitrogens is 1. The van der Waals surface area contributed by atoms with Gasteiger partial charge in [-0.15, -0.1) is 0 Å². The summed E-state index contributed by atoms with van der Waals surface area (Å²) >= 11 is 11.7. The molecule has 0 amide bonds. The first-order chi connectivity index (χ1) is 9.61. The van der Waals surface area contributed by atoms with Gasteiger partial charge in [-0.05, 0) is 18.2 Å². The van der Waals surface area contributed by atoms with E-state index in [1.807, 2.05) is 0 Å². The van der Waals surface area contributed by atoms with E-state index >= 15 is 0 Å². The highest BCUT2D eigenvalue weighted by molar-refractivity contribution is 6.42. The first-order valence-electron chi connectivity index (χ1n) is 5.61. The Bertz CT molecular complexity index is 647. The minimum Gasteiger partial charge on any atom is -0.489 e. The largest absolute Gasteiger partial charge is 0.489 e. The topological polar surface area (TPSA) is 80.7 Å². The molecule has 104 valence electrons. The number of amidine groups is 1. The van der Waals surface area contributed by atoms with Crippen molar-refractivity contribution in [3.8, 4) is 5.75 Å². The summed E-state index contributed by atoms with van der Waals surface area (Å²) < 4.78 is 5.59. The summed E-state index contributed by atoms with van der Waals surface area (Å²) in [5.74, 6) is 0.493. The maximum atomic E-state index is 8.71. The van der Waals surface area contributed by atoms with E-state index in [1.165, 1.54) is 0 Å². The first-order valence-corrected chi connectivity index (χ1v) is 6.37. The molecule has 0 aliphatic rings. The lowest BCUT2D eigenvalue weighted by molar-refractivity contribution is 0.304. The molecule has 5 nitrogen and oxygen atoms in total. The van der Waals surface area contributed by atoms with E-state index in [0.29, 0.717) is 27.1 Å². The van der Waals surface area contributed by atoms with Crippen molar-refractivity contribution in [3.63, 3.8) is 0 Å². The highest BCUT2D eigenvalue weighted by Crippen LogP contribution is 2.26. The summed E-state index contributed by atoms with van der Waals surface area (Å²) in [6, 6.07) is 8.48. The fourth-order valence-electron chi connectivity index (χ4n) is 1.56. The number of hydrogen-bond acceptors (Lipinski definition) is 4. The average Bonchev–Trinajstić information content (AvgIpc) is 2.48. The van der Waals surface area contributed by atoms with Crippen LogP contribution in [-0.2, 0) is 6.61 Å². The minimum absolute atomic E-state index is 0.0710. The molecule has 2 aromatic rings. The van der Waals surface area contributed by atoms with E-state index in [2.05, 4.69) is 10.1 Å². The second kappa shape index (κ2) is 6.45. The van der Waals surface area contributed by atoms with Crippen LogP contribution in [0.2, 0.25) is 10.0 Å². The van der Waals surface area contributed by atoms with Gasteiger partial charge < -0.3 is 15.7 Å². The Hall–Kier alpha value is -1.98. The van der Waals surface area contributed by atoms with Crippen LogP contribution in [-0.4, -0.2) is 16.0 Å². The molecule has 0 unspecified atom stereocenters. The van der Waals surface area contributed by atoms with Crippen LogP contribution in [0.15, 0.2) is 41.7 Å². The zero-order chi connectivity index (χ0) is 14.5. The molecule has 0 aliphatic heterocycles. The summed E-state index contributed by atoms with van der Waals surface area (Å²) in [5.41, 5.74) is 6.61. The van der Waals surface area contributed by atoms with Crippen molar-refractivity contribution in [2.75, 3.05) is 0 Å². The van der Waals surface area contributed by atoms with Crippen LogP contribution in [0.1, 0.15) is 11.3 Å². The molecule has 20 heavy (non-hydrogen) atoms. The second-order valence-electron chi connectivity index (χ2n) is 3.86. The van der Waals surface area contributed by atoms with Gasteiger partial charge in [-0.25, -0.2) is 0 Å². The molecule has 0 saturated heterocycles. The Labute approximate surface area is 125 Å². The van der Waals surface area contributed by atoms with Crippen LogP contribution in [0.25, 0.3) is 0 Å². The van der Waals surface area contributed by atoms with Gasteiger partial charge in [-0.2, -0.15) is 0 Å². The second-order valence-corrected chi connectivity index (χ2v) is 4.68. The number of benzene rings is 1. The number of ether oxygens (including phenoxy) is 1. The van der Waals surface area contributed by atoms with Gasteiger partial charge in [0.15, 0.2) is 5.84 Å². The summed E-state index contributed by atoms with van der Waals surface area (Å²) in [4.78, 5) is 4.05. The van der Waals surface area contributed by atoms with Crippen molar-refractivity contribution in [2.24, 2.45) is 10.9 Å². The SMILES string of the molecule is NC(=NO)c1ncccc1COc1ccc(Cl)c(Cl)c1. The Kier molecular flexibility index (Phi) is 4.65. The standard InChI is InChI=1S/C13H11Cl2N3O2/c14-10-4-3-9(6-11(10)15)20-7-8-2-1-5-17-12(8)13(16)18-19/h1-6,19H,7H2,(H2,16,18). The first kappa shape index (κ1) is 14.4. The van der Waals surface area contributed by atoms with Crippen LogP contribution in [0.5, 0.6) is 5.75 Å². The number of rotatable bonds is 4. The molecule has 1 aromatic carbocycles. The van der Waals surface area contributed by atoms with Gasteiger partial charge in [0.2, 0.25) is 0 Å². The molecule has 2 rings (SSSR count). The zero-order valence-electron chi connectivity index (χ0n) is 10.3. The average molecular weight is 312 g/mol. The molecule has 0 fully saturated rings. The third-order valence-corrected chi connectivity index (χ3v) is 3.27. The lowest BCUT2D eigenvalue weighted by Gasteiger charge is -2.10. The van der Waals surface area contributed by atoms with Gasteiger partial charge in [0.25, 0.3) is 0 Å². The van der Waals surface area contributed by atoms with E-state index in [9.17, 15) is 0 Å². The molecule has 1 heterocycles. The van der Waals surface area contributed by atoms with Crippen molar-refractivity contribution in [3.05, 3.63) is 57.8 Å². The van der Waals surface area contributed by atoms with Gasteiger partial charge >= 0.3 is 0 Å². The molecule has 1 aromatic heterocycles. The van der Waals surface area contributed by atoms with E-state index in [-0.39, 0.29) is 12.4 Å². The van der Waals surface area contributed by atoms with Crippen LogP contribution in [0, 0.1) is 0 Å². The molecule has 0 atom stereocenters. The van der Waals surface area contributed by atoms with Gasteiger partial charge in [-0.1, -0.05) is 34.4 Å². The van der Waals surface area contributed by atoms with Crippen LogP contribution < -0.4 is 10.5 Å². The van der Waals surface area contributed by atoms with Gasteiger partial charge in [-0.3, -0.25) is 4.98 Å². The van der Waals surface area contributed by atoms with Gasteiger partial charge in [0, 0.05) is 17.8 Å². The zero-order valence-corrected chi connectivity index (χ0v) is 11.8. The van der Waals surface area contributed by atoms with Crippen molar-refractivity contribution in [1.29, 1.82) is 0 Å². The monoisotopic (exact) mass is 311 g/mol. The van der Waals surface area contributed by atoms with E-state index < -0.39 is 0 Å². The van der Waals surface area contributed by atoms with Crippen molar-refractivity contribution >= 4 is 29.0 Å². The van der Waals surface area contributed by atoms with Gasteiger partial charge in [0.1, 0.15) is 18.1 Å². The van der Waals surface area contributed by atoms with E-state index in [4.69, 9.17) is 38.9 Å². The lowest BCUT2D eigenvalue weighted by Crippen LogP contribution is -2.18. The Morgan fingerprint density at radius 1 is 1.30 bits per heavy atom. The highest BCUT2D eigenvalue weighted by atomic mass is 35.5. The number of oxime groups is 1. The molecule has 0 bridgehead atoms. The highest BCUT2D eigenvalue weighted by Gasteiger charge is 2.09. The van der Waals surface area contributed by atoms with Crippen molar-refractivity contribution in [2.45, 2.75) is 6.61 Å². The number of nitrogens with two attached hydrogens (primary N) is 1. The molecular weight excluding hydrogens is 301 g/mol. The molecule has 0 spiro atoms. The van der Waals surface area contributed by atoms with Gasteiger partial charge in [0.05, 0.1) is 10.0 Å². The predicted molar refractivity (Wildman–Crippen MR) is 77.5 cm³/mol. The molecule has 3 N–H and O–H groups in total. The summed E-state index contributed by atoms with van der Waals surface area (Å²) in [5, 5.41) is 12.5. The molecule has 0 aliphatic carbocycles. The number of hydrogen-bond donors (Lipinski definition) is 2. The number of pyridine rings is 1. The summed E-state index contributed by atoms with van der Waals surface area (Å²) in [6.45, 7) is 0.206. The normalized spacial score (nSPS) is 11.4. The fraction of sp³-hybridized carbons (Fsp3) is 0.0769. The van der Waals surface area contributed by atoms with E-state index in [1.54, 1.807) is 36.5 Å². The summed E-state index contributed by atoms with van der Waals surface area (Å²) in [6.07, 6.45) is 1.55. The van der Waals surface area contributed by atoms with Crippen molar-refractivity contribution in [1.82, 2.24) is 4.98 Å². The predicted octanol–water partition coefficient (Wildman–Crippen LogP) is 3.06. The Balaban J connectivity index is 2.17. The third-order valence-electron chi connectivity index (χ3n) is 2.53. The van der Waals surface area contributed by atoms with Crippen LogP contribution in [0.3, 0.4) is 0 Å². The molecule has 7 heteroatoms. The molecule has 0 saturated carbocycles. The lowest BCUT2D eigenvalue weighted by atomic mass is 10.2. The number of halogens is 2. The summed E-state index contributed by atoms with van der Waals surface area (Å²) in [7, 11) is 0. The fourth-order valence-corrected chi connectivity index (χ4v) is 1.85. The Morgan fingerprint density at radius 3 is 2.80 bits per heavy atom. The Morgan fingerprint density at radius 2 is 2.10 bits per heavy atom. The van der Waals surface area contributed by atoms with Crippen LogP contribution in [0.4, 0.5) is 0 Å². The maximum Gasteiger partial charge on any atom is 0.189 e. The minimum atomic E-state index is -0.0710. The van der Waals surface area contributed by atoms with E-state index in [0.717, 1.165) is 0 Å². The van der Waals surface area contributed by atoms with Crippen molar-refractivity contribution < 1.29 is 9.94 Å². The van der Waals surface area contributed by atoms with Crippen LogP contribution >= 0.6 is 23.2 Å².